The molecule has 0 spiro atoms. The molecule has 1 rings (SSSR count). The predicted molar refractivity (Wildman–Crippen MR) is 58.0 cm³/mol. The first-order chi connectivity index (χ1) is 7.62. The number of rotatable bonds is 3. The SMILES string of the molecule is CNC(=O)Nc1cc(CO)c(O)c(CO)c1. The molecule has 5 N–H and O–H groups in total. The number of hydrogen-bond donors (Lipinski definition) is 5. The van der Waals surface area contributed by atoms with Crippen LogP contribution in [0.1, 0.15) is 11.1 Å². The first kappa shape index (κ1) is 12.3. The van der Waals surface area contributed by atoms with E-state index in [9.17, 15) is 9.90 Å². The number of aromatic hydroxyl groups is 1. The fourth-order valence-corrected chi connectivity index (χ4v) is 1.27. The third-order valence-electron chi connectivity index (χ3n) is 2.09. The zero-order valence-corrected chi connectivity index (χ0v) is 8.82. The number of nitrogens with one attached hydrogen (secondary N) is 2. The van der Waals surface area contributed by atoms with Gasteiger partial charge in [0.2, 0.25) is 0 Å². The molecular weight excluding hydrogens is 212 g/mol. The van der Waals surface area contributed by atoms with Gasteiger partial charge < -0.3 is 26.0 Å². The summed E-state index contributed by atoms with van der Waals surface area (Å²) in [4.78, 5) is 11.1. The van der Waals surface area contributed by atoms with Crippen LogP contribution in [0.25, 0.3) is 0 Å². The van der Waals surface area contributed by atoms with Crippen LogP contribution in [0, 0.1) is 0 Å². The maximum absolute atomic E-state index is 11.1. The van der Waals surface area contributed by atoms with E-state index in [0.717, 1.165) is 0 Å². The number of anilines is 1. The van der Waals surface area contributed by atoms with Gasteiger partial charge in [0, 0.05) is 23.9 Å². The van der Waals surface area contributed by atoms with Crippen LogP contribution >= 0.6 is 0 Å². The minimum atomic E-state index is -0.418. The number of aliphatic hydroxyl groups excluding tert-OH is 2. The Morgan fingerprint density at radius 1 is 1.25 bits per heavy atom. The summed E-state index contributed by atoms with van der Waals surface area (Å²) in [5.74, 6) is -0.160. The highest BCUT2D eigenvalue weighted by Crippen LogP contribution is 2.27. The van der Waals surface area contributed by atoms with Crippen LogP contribution < -0.4 is 10.6 Å². The van der Waals surface area contributed by atoms with E-state index in [1.807, 2.05) is 0 Å². The third-order valence-corrected chi connectivity index (χ3v) is 2.09. The highest BCUT2D eigenvalue weighted by atomic mass is 16.3. The van der Waals surface area contributed by atoms with E-state index in [2.05, 4.69) is 10.6 Å². The van der Waals surface area contributed by atoms with Gasteiger partial charge in [0.05, 0.1) is 13.2 Å². The van der Waals surface area contributed by atoms with E-state index in [4.69, 9.17) is 10.2 Å². The van der Waals surface area contributed by atoms with Crippen LogP contribution in [0.4, 0.5) is 10.5 Å². The highest BCUT2D eigenvalue weighted by molar-refractivity contribution is 5.89. The minimum absolute atomic E-state index is 0.160. The van der Waals surface area contributed by atoms with E-state index in [1.165, 1.54) is 19.2 Å². The fraction of sp³-hybridized carbons (Fsp3) is 0.300. The summed E-state index contributed by atoms with van der Waals surface area (Å²) in [6.45, 7) is -0.746. The van der Waals surface area contributed by atoms with Gasteiger partial charge in [-0.1, -0.05) is 0 Å². The molecule has 0 saturated carbocycles. The fourth-order valence-electron chi connectivity index (χ4n) is 1.27. The minimum Gasteiger partial charge on any atom is -0.507 e. The molecule has 0 aliphatic rings. The zero-order chi connectivity index (χ0) is 12.1. The van der Waals surface area contributed by atoms with E-state index in [0.29, 0.717) is 5.69 Å². The number of amides is 2. The van der Waals surface area contributed by atoms with Crippen LogP contribution in [0.3, 0.4) is 0 Å². The van der Waals surface area contributed by atoms with Crippen LogP contribution in [0.5, 0.6) is 5.75 Å². The average molecular weight is 226 g/mol. The normalized spacial score (nSPS) is 9.94. The molecule has 0 radical (unpaired) electrons. The van der Waals surface area contributed by atoms with E-state index in [-0.39, 0.29) is 30.1 Å². The standard InChI is InChI=1S/C10H14N2O4/c1-11-10(16)12-8-2-6(4-13)9(15)7(3-8)5-14/h2-3,13-15H,4-5H2,1H3,(H2,11,12,16). The van der Waals surface area contributed by atoms with Crippen LogP contribution in [-0.2, 0) is 13.2 Å². The Kier molecular flexibility index (Phi) is 4.10. The number of hydrogen-bond acceptors (Lipinski definition) is 4. The van der Waals surface area contributed by atoms with Crippen molar-refractivity contribution in [2.75, 3.05) is 12.4 Å². The monoisotopic (exact) mass is 226 g/mol. The lowest BCUT2D eigenvalue weighted by molar-refractivity contribution is 0.253. The lowest BCUT2D eigenvalue weighted by Crippen LogP contribution is -2.24. The molecule has 0 aromatic heterocycles. The average Bonchev–Trinajstić information content (AvgIpc) is 2.30. The van der Waals surface area contributed by atoms with Gasteiger partial charge in [0.25, 0.3) is 0 Å². The summed E-state index contributed by atoms with van der Waals surface area (Å²) >= 11 is 0. The molecule has 0 unspecified atom stereocenters. The Bertz CT molecular complexity index is 367. The maximum atomic E-state index is 11.1. The predicted octanol–water partition coefficient (Wildman–Crippen LogP) is 0.128. The van der Waals surface area contributed by atoms with E-state index < -0.39 is 6.03 Å². The van der Waals surface area contributed by atoms with Crippen molar-refractivity contribution < 1.29 is 20.1 Å². The molecule has 6 heteroatoms. The summed E-state index contributed by atoms with van der Waals surface area (Å²) in [7, 11) is 1.47. The Morgan fingerprint density at radius 2 is 1.75 bits per heavy atom. The Morgan fingerprint density at radius 3 is 2.12 bits per heavy atom. The molecule has 0 saturated heterocycles. The highest BCUT2D eigenvalue weighted by Gasteiger charge is 2.09. The van der Waals surface area contributed by atoms with Gasteiger partial charge in [0.15, 0.2) is 0 Å². The van der Waals surface area contributed by atoms with Crippen molar-refractivity contribution in [2.24, 2.45) is 0 Å². The summed E-state index contributed by atoms with van der Waals surface area (Å²) < 4.78 is 0. The molecule has 0 aliphatic carbocycles. The van der Waals surface area contributed by atoms with E-state index in [1.54, 1.807) is 0 Å². The molecule has 0 atom stereocenters. The molecular formula is C10H14N2O4. The Balaban J connectivity index is 3.06. The van der Waals surface area contributed by atoms with Crippen LogP contribution in [-0.4, -0.2) is 28.4 Å². The second-order valence-corrected chi connectivity index (χ2v) is 3.16. The number of aliphatic hydroxyl groups is 2. The Hall–Kier alpha value is -1.79. The molecule has 1 aromatic rings. The summed E-state index contributed by atoms with van der Waals surface area (Å²) in [6, 6.07) is 2.45. The lowest BCUT2D eigenvalue weighted by Gasteiger charge is -2.11. The van der Waals surface area contributed by atoms with Crippen molar-refractivity contribution >= 4 is 11.7 Å². The maximum Gasteiger partial charge on any atom is 0.318 e. The van der Waals surface area contributed by atoms with Gasteiger partial charge in [0.1, 0.15) is 5.75 Å². The molecule has 0 bridgehead atoms. The molecule has 16 heavy (non-hydrogen) atoms. The van der Waals surface area contributed by atoms with Gasteiger partial charge >= 0.3 is 6.03 Å². The molecule has 0 aliphatic heterocycles. The molecule has 2 amide bonds. The van der Waals surface area contributed by atoms with Crippen LogP contribution in [0.2, 0.25) is 0 Å². The smallest absolute Gasteiger partial charge is 0.318 e. The molecule has 6 nitrogen and oxygen atoms in total. The van der Waals surface area contributed by atoms with Crippen LogP contribution in [0.15, 0.2) is 12.1 Å². The second-order valence-electron chi connectivity index (χ2n) is 3.16. The topological polar surface area (TPSA) is 102 Å². The lowest BCUT2D eigenvalue weighted by atomic mass is 10.1. The van der Waals surface area contributed by atoms with Crippen molar-refractivity contribution in [1.82, 2.24) is 5.32 Å². The first-order valence-electron chi connectivity index (χ1n) is 4.67. The number of carbonyl (C=O) groups excluding carboxylic acids is 1. The van der Waals surface area contributed by atoms with Crippen molar-refractivity contribution in [3.05, 3.63) is 23.3 Å². The Labute approximate surface area is 92.5 Å². The summed E-state index contributed by atoms with van der Waals surface area (Å²) in [6.07, 6.45) is 0. The van der Waals surface area contributed by atoms with Crippen molar-refractivity contribution in [3.63, 3.8) is 0 Å². The molecule has 88 valence electrons. The van der Waals surface area contributed by atoms with Crippen molar-refractivity contribution in [2.45, 2.75) is 13.2 Å². The van der Waals surface area contributed by atoms with Gasteiger partial charge in [-0.3, -0.25) is 0 Å². The molecule has 1 aromatic carbocycles. The van der Waals surface area contributed by atoms with Gasteiger partial charge in [-0.15, -0.1) is 0 Å². The number of carbonyl (C=O) groups is 1. The first-order valence-corrected chi connectivity index (χ1v) is 4.67. The number of urea groups is 1. The summed E-state index contributed by atoms with van der Waals surface area (Å²) in [5.41, 5.74) is 0.890. The van der Waals surface area contributed by atoms with E-state index >= 15 is 0 Å². The van der Waals surface area contributed by atoms with Gasteiger partial charge in [-0.2, -0.15) is 0 Å². The number of benzene rings is 1. The second kappa shape index (κ2) is 5.34. The summed E-state index contributed by atoms with van der Waals surface area (Å²) in [5, 5.41) is 32.4. The third kappa shape index (κ3) is 2.62. The molecule has 0 heterocycles. The quantitative estimate of drug-likeness (QED) is 0.473. The van der Waals surface area contributed by atoms with Crippen molar-refractivity contribution in [1.29, 1.82) is 0 Å². The zero-order valence-electron chi connectivity index (χ0n) is 8.82. The van der Waals surface area contributed by atoms with Gasteiger partial charge in [-0.05, 0) is 12.1 Å². The largest absolute Gasteiger partial charge is 0.507 e. The van der Waals surface area contributed by atoms with Crippen molar-refractivity contribution in [3.8, 4) is 5.75 Å². The van der Waals surface area contributed by atoms with Gasteiger partial charge in [-0.25, -0.2) is 4.79 Å². The molecule has 0 fully saturated rings. The number of phenols is 1.